The van der Waals surface area contributed by atoms with Crippen LogP contribution in [-0.4, -0.2) is 22.2 Å². The summed E-state index contributed by atoms with van der Waals surface area (Å²) in [7, 11) is 0. The number of primary amides is 1. The van der Waals surface area contributed by atoms with E-state index in [9.17, 15) is 9.59 Å². The fourth-order valence-electron chi connectivity index (χ4n) is 3.25. The first kappa shape index (κ1) is 20.2. The number of carbonyl (C=O) groups is 2. The molecule has 0 saturated heterocycles. The number of nitrogens with two attached hydrogens (primary N) is 1. The van der Waals surface area contributed by atoms with Gasteiger partial charge in [0.15, 0.2) is 5.13 Å². The molecule has 0 saturated carbocycles. The van der Waals surface area contributed by atoms with Crippen molar-refractivity contribution in [1.29, 1.82) is 0 Å². The van der Waals surface area contributed by atoms with Crippen molar-refractivity contribution in [1.82, 2.24) is 4.98 Å². The zero-order valence-electron chi connectivity index (χ0n) is 16.5. The van der Waals surface area contributed by atoms with Crippen molar-refractivity contribution < 1.29 is 9.59 Å². The Bertz CT molecular complexity index is 1120. The normalized spacial score (nSPS) is 16.1. The molecule has 0 fully saturated rings. The predicted octanol–water partition coefficient (Wildman–Crippen LogP) is 4.68. The minimum atomic E-state index is -0.406. The molecule has 1 aliphatic heterocycles. The number of rotatable bonds is 5. The van der Waals surface area contributed by atoms with Gasteiger partial charge in [0, 0.05) is 27.9 Å². The van der Waals surface area contributed by atoms with E-state index in [4.69, 9.17) is 10.7 Å². The van der Waals surface area contributed by atoms with Crippen molar-refractivity contribution in [2.45, 2.75) is 19.2 Å². The van der Waals surface area contributed by atoms with Crippen LogP contribution in [0.4, 0.5) is 10.8 Å². The summed E-state index contributed by atoms with van der Waals surface area (Å²) in [4.78, 5) is 31.3. The van der Waals surface area contributed by atoms with Crippen molar-refractivity contribution in [2.75, 3.05) is 10.2 Å². The van der Waals surface area contributed by atoms with E-state index in [1.165, 1.54) is 23.1 Å². The first-order chi connectivity index (χ1) is 14.4. The van der Waals surface area contributed by atoms with Gasteiger partial charge in [0.25, 0.3) is 11.8 Å². The lowest BCUT2D eigenvalue weighted by atomic mass is 10.1. The van der Waals surface area contributed by atoms with E-state index in [0.717, 1.165) is 27.8 Å². The van der Waals surface area contributed by atoms with Gasteiger partial charge in [-0.25, -0.2) is 4.98 Å². The second-order valence-corrected chi connectivity index (χ2v) is 8.94. The number of hydrogen-bond acceptors (Lipinski definition) is 6. The largest absolute Gasteiger partial charge is 0.365 e. The molecule has 2 aromatic carbocycles. The molecular formula is C22H20N4O2S2. The van der Waals surface area contributed by atoms with Crippen molar-refractivity contribution in [2.24, 2.45) is 5.73 Å². The van der Waals surface area contributed by atoms with Gasteiger partial charge in [0.05, 0.1) is 16.0 Å². The fourth-order valence-corrected chi connectivity index (χ4v) is 5.37. The molecule has 0 spiro atoms. The highest BCUT2D eigenvalue weighted by Crippen LogP contribution is 2.42. The summed E-state index contributed by atoms with van der Waals surface area (Å²) in [6.45, 7) is 3.91. The van der Waals surface area contributed by atoms with Gasteiger partial charge in [-0.1, -0.05) is 42.1 Å². The molecule has 1 aliphatic rings. The second-order valence-electron chi connectivity index (χ2n) is 6.78. The Morgan fingerprint density at radius 2 is 1.80 bits per heavy atom. The average molecular weight is 437 g/mol. The predicted molar refractivity (Wildman–Crippen MR) is 123 cm³/mol. The van der Waals surface area contributed by atoms with Crippen LogP contribution in [0.25, 0.3) is 11.3 Å². The first-order valence-electron chi connectivity index (χ1n) is 9.33. The van der Waals surface area contributed by atoms with Crippen LogP contribution in [0.1, 0.15) is 24.2 Å². The minimum Gasteiger partial charge on any atom is -0.365 e. The Balaban J connectivity index is 1.50. The maximum atomic E-state index is 12.3. The smallest absolute Gasteiger partial charge is 0.256 e. The molecular weight excluding hydrogens is 416 g/mol. The number of amides is 2. The molecule has 8 heteroatoms. The van der Waals surface area contributed by atoms with Gasteiger partial charge in [-0.2, -0.15) is 0 Å². The Hall–Kier alpha value is -3.10. The number of thioether (sulfide) groups is 1. The van der Waals surface area contributed by atoms with E-state index in [2.05, 4.69) is 5.32 Å². The first-order valence-corrected chi connectivity index (χ1v) is 11.1. The van der Waals surface area contributed by atoms with Crippen LogP contribution in [0, 0.1) is 0 Å². The average Bonchev–Trinajstić information content (AvgIpc) is 3.33. The van der Waals surface area contributed by atoms with Gasteiger partial charge in [-0.05, 0) is 38.1 Å². The maximum Gasteiger partial charge on any atom is 0.256 e. The molecule has 4 rings (SSSR count). The molecule has 152 valence electrons. The van der Waals surface area contributed by atoms with Crippen molar-refractivity contribution in [3.8, 4) is 11.3 Å². The highest BCUT2D eigenvalue weighted by molar-refractivity contribution is 8.05. The van der Waals surface area contributed by atoms with Gasteiger partial charge in [0.2, 0.25) is 0 Å². The number of allylic oxidation sites excluding steroid dienone is 1. The number of nitrogens with one attached hydrogen (secondary N) is 1. The van der Waals surface area contributed by atoms with Crippen LogP contribution in [-0.2, 0) is 4.79 Å². The van der Waals surface area contributed by atoms with Gasteiger partial charge < -0.3 is 16.0 Å². The minimum absolute atomic E-state index is 0.0575. The van der Waals surface area contributed by atoms with E-state index in [-0.39, 0.29) is 11.3 Å². The lowest BCUT2D eigenvalue weighted by molar-refractivity contribution is -0.113. The number of carbonyl (C=O) groups excluding carboxylic acids is 2. The summed E-state index contributed by atoms with van der Waals surface area (Å²) in [6, 6.07) is 16.7. The Kier molecular flexibility index (Phi) is 5.61. The monoisotopic (exact) mass is 436 g/mol. The van der Waals surface area contributed by atoms with E-state index in [1.807, 2.05) is 66.6 Å². The molecule has 2 amide bonds. The summed E-state index contributed by atoms with van der Waals surface area (Å²) in [5, 5.41) is 5.76. The molecule has 1 unspecified atom stereocenters. The van der Waals surface area contributed by atoms with Gasteiger partial charge in [-0.3, -0.25) is 9.59 Å². The molecule has 0 bridgehead atoms. The molecule has 0 radical (unpaired) electrons. The standard InChI is InChI=1S/C22H20N4O2S2/c1-13-19(20(23)27)30-14(2)26(13)22-25-18(12-29-22)15-8-10-17(11-9-15)24-21(28)16-6-4-3-5-7-16/h3-12,14H,1-2H3,(H2,23,27)(H,24,28). The van der Waals surface area contributed by atoms with Crippen LogP contribution in [0.15, 0.2) is 70.6 Å². The third-order valence-corrected chi connectivity index (χ3v) is 6.86. The number of benzene rings is 2. The van der Waals surface area contributed by atoms with E-state index in [0.29, 0.717) is 10.5 Å². The number of hydrogen-bond donors (Lipinski definition) is 2. The summed E-state index contributed by atoms with van der Waals surface area (Å²) < 4.78 is 0. The number of aromatic nitrogens is 1. The number of anilines is 2. The van der Waals surface area contributed by atoms with Crippen molar-refractivity contribution in [3.05, 3.63) is 76.1 Å². The fraction of sp³-hybridized carbons (Fsp3) is 0.136. The van der Waals surface area contributed by atoms with Crippen molar-refractivity contribution >= 4 is 45.7 Å². The highest BCUT2D eigenvalue weighted by Gasteiger charge is 2.32. The van der Waals surface area contributed by atoms with Crippen LogP contribution < -0.4 is 16.0 Å². The third kappa shape index (κ3) is 3.96. The Morgan fingerprint density at radius 1 is 1.10 bits per heavy atom. The summed E-state index contributed by atoms with van der Waals surface area (Å²) in [6.07, 6.45) is 0. The van der Waals surface area contributed by atoms with Crippen LogP contribution in [0.5, 0.6) is 0 Å². The van der Waals surface area contributed by atoms with Gasteiger partial charge >= 0.3 is 0 Å². The molecule has 6 nitrogen and oxygen atoms in total. The topological polar surface area (TPSA) is 88.3 Å². The molecule has 0 aliphatic carbocycles. The lowest BCUT2D eigenvalue weighted by Gasteiger charge is -2.21. The van der Waals surface area contributed by atoms with Crippen LogP contribution in [0.2, 0.25) is 0 Å². The van der Waals surface area contributed by atoms with Gasteiger partial charge in [0.1, 0.15) is 0 Å². The summed E-state index contributed by atoms with van der Waals surface area (Å²) in [5.41, 5.74) is 9.44. The second kappa shape index (κ2) is 8.33. The quantitative estimate of drug-likeness (QED) is 0.606. The molecule has 3 aromatic rings. The third-order valence-electron chi connectivity index (χ3n) is 4.74. The zero-order valence-corrected chi connectivity index (χ0v) is 18.1. The van der Waals surface area contributed by atoms with E-state index in [1.54, 1.807) is 12.1 Å². The van der Waals surface area contributed by atoms with Crippen LogP contribution >= 0.6 is 23.1 Å². The molecule has 1 atom stereocenters. The number of nitrogens with zero attached hydrogens (tertiary/aromatic N) is 2. The van der Waals surface area contributed by atoms with Gasteiger partial charge in [-0.15, -0.1) is 11.3 Å². The summed E-state index contributed by atoms with van der Waals surface area (Å²) in [5.74, 6) is -0.552. The maximum absolute atomic E-state index is 12.3. The zero-order chi connectivity index (χ0) is 21.3. The molecule has 2 heterocycles. The van der Waals surface area contributed by atoms with E-state index >= 15 is 0 Å². The number of thiazole rings is 1. The van der Waals surface area contributed by atoms with Crippen LogP contribution in [0.3, 0.4) is 0 Å². The molecule has 3 N–H and O–H groups in total. The Morgan fingerprint density at radius 3 is 2.43 bits per heavy atom. The highest BCUT2D eigenvalue weighted by atomic mass is 32.2. The SMILES string of the molecule is CC1=C(C(N)=O)SC(C)N1c1nc(-c2ccc(NC(=O)c3ccccc3)cc2)cs1. The molecule has 1 aromatic heterocycles. The van der Waals surface area contributed by atoms with Crippen molar-refractivity contribution in [3.63, 3.8) is 0 Å². The lowest BCUT2D eigenvalue weighted by Crippen LogP contribution is -2.24. The van der Waals surface area contributed by atoms with E-state index < -0.39 is 5.91 Å². The molecule has 30 heavy (non-hydrogen) atoms. The Labute approximate surface area is 182 Å². The summed E-state index contributed by atoms with van der Waals surface area (Å²) >= 11 is 2.97.